The first-order chi connectivity index (χ1) is 34.1. The molecular formula is C49H58BF5N9O7P. The molecule has 0 bridgehead atoms. The molecule has 0 spiro atoms. The summed E-state index contributed by atoms with van der Waals surface area (Å²) in [5.41, 5.74) is 5.14. The van der Waals surface area contributed by atoms with Crippen LogP contribution < -0.4 is 30.2 Å². The van der Waals surface area contributed by atoms with Crippen LogP contribution in [0.3, 0.4) is 0 Å². The zero-order chi connectivity index (χ0) is 52.0. The molecule has 0 saturated carbocycles. The predicted octanol–water partition coefficient (Wildman–Crippen LogP) is 9.55. The number of halogens is 5. The number of esters is 1. The fraction of sp³-hybridized carbons (Fsp3) is 0.367. The molecule has 3 aliphatic heterocycles. The lowest BCUT2D eigenvalue weighted by atomic mass is 9.75. The molecule has 4 heterocycles. The Hall–Kier alpha value is -6.93. The van der Waals surface area contributed by atoms with Gasteiger partial charge in [-0.2, -0.15) is 13.2 Å². The van der Waals surface area contributed by atoms with Crippen molar-refractivity contribution in [2.45, 2.75) is 103 Å². The van der Waals surface area contributed by atoms with Crippen LogP contribution in [0.15, 0.2) is 143 Å². The number of nitrogens with zero attached hydrogens (tertiary/aromatic N) is 4. The van der Waals surface area contributed by atoms with Gasteiger partial charge in [0, 0.05) is 30.8 Å². The van der Waals surface area contributed by atoms with Gasteiger partial charge in [-0.15, -0.1) is 5.10 Å². The molecule has 6 N–H and O–H groups in total. The Labute approximate surface area is 414 Å². The number of aromatic nitrogens is 3. The Bertz CT molecular complexity index is 2740. The Kier molecular flexibility index (Phi) is 16.0. The number of alkyl halides is 3. The highest BCUT2D eigenvalue weighted by atomic mass is 31.2. The summed E-state index contributed by atoms with van der Waals surface area (Å²) in [6.45, 7) is 3.32. The molecule has 5 unspecified atom stereocenters. The van der Waals surface area contributed by atoms with Crippen LogP contribution >= 0.6 is 7.60 Å². The number of para-hydroxylation sites is 2. The minimum absolute atomic E-state index is 0.00741. The van der Waals surface area contributed by atoms with E-state index < -0.39 is 60.7 Å². The van der Waals surface area contributed by atoms with Crippen molar-refractivity contribution < 1.29 is 59.3 Å². The lowest BCUT2D eigenvalue weighted by molar-refractivity contribution is -0.727. The maximum absolute atomic E-state index is 17.4. The molecule has 0 aliphatic carbocycles. The summed E-state index contributed by atoms with van der Waals surface area (Å²) in [5.74, 6) is -4.17. The van der Waals surface area contributed by atoms with Gasteiger partial charge < -0.3 is 53.1 Å². The van der Waals surface area contributed by atoms with Crippen LogP contribution in [0.4, 0.5) is 32.3 Å². The number of carbonyl (C=O) groups excluding carboxylic acids is 2. The van der Waals surface area contributed by atoms with Crippen molar-refractivity contribution in [1.29, 1.82) is 5.41 Å². The van der Waals surface area contributed by atoms with E-state index >= 15 is 13.2 Å². The van der Waals surface area contributed by atoms with Crippen molar-refractivity contribution in [2.24, 2.45) is 11.7 Å². The van der Waals surface area contributed by atoms with E-state index in [1.54, 1.807) is 104 Å². The SMILES string of the molecule is CCCC(CCCOC(=O)NC(Cc1ccc(NC(=N)N)cc1)P(=O)(Oc1ccccc1)Oc1ccccc1)CCC(n1ccnn1)C1(C)C=C(C)C2=C(OC(=O)C(F)(F)F)C3=C(C)C=C(C)[NH+]3[B-](F)(F)N21. The van der Waals surface area contributed by atoms with Gasteiger partial charge in [-0.05, 0) is 106 Å². The van der Waals surface area contributed by atoms with Crippen LogP contribution in [0, 0.1) is 11.3 Å². The average Bonchev–Trinajstić information content (AvgIpc) is 4.03. The zero-order valence-corrected chi connectivity index (χ0v) is 41.3. The highest BCUT2D eigenvalue weighted by Gasteiger charge is 2.65. The van der Waals surface area contributed by atoms with E-state index in [4.69, 9.17) is 29.7 Å². The van der Waals surface area contributed by atoms with Crippen molar-refractivity contribution >= 4 is 38.3 Å². The number of nitrogens with one attached hydrogen (secondary N) is 4. The van der Waals surface area contributed by atoms with Gasteiger partial charge in [-0.25, -0.2) is 18.8 Å². The number of hydrogen-bond acceptors (Lipinski definition) is 11. The van der Waals surface area contributed by atoms with E-state index in [2.05, 4.69) is 20.9 Å². The molecule has 4 aromatic rings. The molecular weight excluding hydrogens is 963 g/mol. The fourth-order valence-corrected chi connectivity index (χ4v) is 11.8. The number of benzene rings is 3. The number of hydrogen-bond donors (Lipinski definition) is 5. The molecule has 1 aromatic heterocycles. The number of fused-ring (bicyclic) bond motifs is 2. The summed E-state index contributed by atoms with van der Waals surface area (Å²) < 4.78 is 115. The van der Waals surface area contributed by atoms with Crippen LogP contribution in [-0.2, 0) is 25.3 Å². The van der Waals surface area contributed by atoms with E-state index in [9.17, 15) is 22.8 Å². The predicted molar refractivity (Wildman–Crippen MR) is 260 cm³/mol. The molecule has 3 aromatic carbocycles. The molecule has 0 fully saturated rings. The van der Waals surface area contributed by atoms with E-state index in [-0.39, 0.29) is 71.1 Å². The first-order valence-electron chi connectivity index (χ1n) is 23.5. The smallest absolute Gasteiger partial charge is 0.450 e. The Morgan fingerprint density at radius 1 is 0.944 bits per heavy atom. The van der Waals surface area contributed by atoms with Crippen LogP contribution in [0.5, 0.6) is 11.5 Å². The lowest BCUT2D eigenvalue weighted by Crippen LogP contribution is -3.21. The monoisotopic (exact) mass is 1020 g/mol. The normalized spacial score (nSPS) is 19.6. The van der Waals surface area contributed by atoms with Crippen molar-refractivity contribution in [3.8, 4) is 11.5 Å². The van der Waals surface area contributed by atoms with E-state index in [1.165, 1.54) is 37.7 Å². The molecule has 72 heavy (non-hydrogen) atoms. The van der Waals surface area contributed by atoms with E-state index in [1.807, 2.05) is 6.92 Å². The third kappa shape index (κ3) is 11.7. The highest BCUT2D eigenvalue weighted by Crippen LogP contribution is 2.54. The molecule has 384 valence electrons. The van der Waals surface area contributed by atoms with Crippen molar-refractivity contribution in [3.05, 3.63) is 149 Å². The number of ether oxygens (including phenoxy) is 2. The molecule has 7 rings (SSSR count). The van der Waals surface area contributed by atoms with Gasteiger partial charge in [0.1, 0.15) is 17.2 Å². The fourth-order valence-electron chi connectivity index (χ4n) is 9.97. The molecule has 23 heteroatoms. The number of quaternary nitrogens is 1. The van der Waals surface area contributed by atoms with E-state index in [0.717, 1.165) is 17.7 Å². The topological polar surface area (TPSA) is 200 Å². The maximum Gasteiger partial charge on any atom is 0.665 e. The average molecular weight is 1020 g/mol. The largest absolute Gasteiger partial charge is 0.665 e. The molecule has 1 amide bonds. The second kappa shape index (κ2) is 21.8. The Morgan fingerprint density at radius 3 is 2.15 bits per heavy atom. The van der Waals surface area contributed by atoms with Gasteiger partial charge in [-0.3, -0.25) is 5.41 Å². The highest BCUT2D eigenvalue weighted by molar-refractivity contribution is 7.55. The summed E-state index contributed by atoms with van der Waals surface area (Å²) in [6.07, 6.45) is 2.87. The molecule has 0 saturated heterocycles. The lowest BCUT2D eigenvalue weighted by Gasteiger charge is -2.54. The summed E-state index contributed by atoms with van der Waals surface area (Å²) in [5, 5.41) is 21.2. The van der Waals surface area contributed by atoms with Gasteiger partial charge in [-0.1, -0.05) is 79.6 Å². The minimum Gasteiger partial charge on any atom is -0.450 e. The third-order valence-electron chi connectivity index (χ3n) is 13.0. The van der Waals surface area contributed by atoms with Crippen LogP contribution in [0.2, 0.25) is 0 Å². The van der Waals surface area contributed by atoms with Crippen molar-refractivity contribution in [1.82, 2.24) is 25.1 Å². The number of rotatable bonds is 21. The Balaban J connectivity index is 1.08. The number of amides is 1. The number of allylic oxidation sites excluding steroid dienone is 4. The number of carbonyl (C=O) groups is 2. The van der Waals surface area contributed by atoms with Gasteiger partial charge in [0.25, 0.3) is 0 Å². The Morgan fingerprint density at radius 2 is 1.58 bits per heavy atom. The van der Waals surface area contributed by atoms with Gasteiger partial charge in [0.2, 0.25) is 5.76 Å². The summed E-state index contributed by atoms with van der Waals surface area (Å²) in [4.78, 5) is 26.5. The molecule has 3 aliphatic rings. The summed E-state index contributed by atoms with van der Waals surface area (Å²) in [6, 6.07) is 22.7. The number of alkyl carbamates (subject to hydrolysis) is 1. The quantitative estimate of drug-likeness (QED) is 0.0101. The third-order valence-corrected chi connectivity index (χ3v) is 15.0. The second-order valence-electron chi connectivity index (χ2n) is 18.3. The first-order valence-corrected chi connectivity index (χ1v) is 25.2. The second-order valence-corrected chi connectivity index (χ2v) is 20.3. The zero-order valence-electron chi connectivity index (χ0n) is 40.4. The molecule has 5 atom stereocenters. The number of nitrogens with two attached hydrogens (primary N) is 1. The minimum atomic E-state index is -5.39. The molecule has 0 radical (unpaired) electrons. The van der Waals surface area contributed by atoms with Crippen molar-refractivity contribution in [2.75, 3.05) is 11.9 Å². The van der Waals surface area contributed by atoms with Crippen LogP contribution in [-0.4, -0.2) is 68.9 Å². The number of anilines is 1. The standard InChI is InChI=1S/C49H58BF5N9O7P/c1-6-14-35(22-25-40(62-27-26-58-61-62)48(5)31-33(3)43-44(69-45(65)49(51,52)53)42-32(2)29-34(4)63(42)50(54,55)64(43)48)15-13-28-68-47(66)60-41(30-36-20-23-37(24-21-36)59-46(56)57)72(67,70-38-16-9-7-10-17-38)71-39-18-11-8-12-19-39/h7-12,16-21,23-24,26-27,29,31,35,40-41,63H,6,13-15,22,25,28,30H2,1-5H3,(H,60,66)(H4,56,57,59). The van der Waals surface area contributed by atoms with Crippen molar-refractivity contribution in [3.63, 3.8) is 0 Å². The van der Waals surface area contributed by atoms with Crippen LogP contribution in [0.1, 0.15) is 84.7 Å². The van der Waals surface area contributed by atoms with Gasteiger partial charge in [0.15, 0.2) is 11.7 Å². The summed E-state index contributed by atoms with van der Waals surface area (Å²) in [7, 11) is -4.32. The number of guanidine groups is 1. The van der Waals surface area contributed by atoms with Gasteiger partial charge in [0.05, 0.1) is 35.8 Å². The molecule has 16 nitrogen and oxygen atoms in total. The van der Waals surface area contributed by atoms with Crippen LogP contribution in [0.25, 0.3) is 0 Å². The first kappa shape index (κ1) is 52.9. The maximum atomic E-state index is 17.4. The van der Waals surface area contributed by atoms with Gasteiger partial charge >= 0.3 is 32.8 Å². The summed E-state index contributed by atoms with van der Waals surface area (Å²) >= 11 is 0. The van der Waals surface area contributed by atoms with E-state index in [0.29, 0.717) is 30.5 Å².